The summed E-state index contributed by atoms with van der Waals surface area (Å²) in [5, 5.41) is 4.82. The molecule has 2 N–H and O–H groups in total. The minimum Gasteiger partial charge on any atom is -0.379 e. The van der Waals surface area contributed by atoms with E-state index in [9.17, 15) is 4.79 Å². The Labute approximate surface area is 127 Å². The van der Waals surface area contributed by atoms with Crippen molar-refractivity contribution in [3.63, 3.8) is 0 Å². The molecule has 0 atom stereocenters. The fourth-order valence-electron chi connectivity index (χ4n) is 1.76. The number of hydrogen-bond acceptors (Lipinski definition) is 6. The molecule has 0 aromatic rings. The first-order valence-electron chi connectivity index (χ1n) is 6.01. The maximum atomic E-state index is 11.5. The van der Waals surface area contributed by atoms with Gasteiger partial charge in [-0.2, -0.15) is 0 Å². The van der Waals surface area contributed by atoms with Crippen LogP contribution >= 0.6 is 36.2 Å². The van der Waals surface area contributed by atoms with E-state index in [0.29, 0.717) is 15.2 Å². The summed E-state index contributed by atoms with van der Waals surface area (Å²) in [6.07, 6.45) is 0. The van der Waals surface area contributed by atoms with Crippen molar-refractivity contribution in [3.05, 3.63) is 0 Å². The van der Waals surface area contributed by atoms with E-state index in [1.807, 2.05) is 0 Å². The average molecular weight is 320 g/mol. The van der Waals surface area contributed by atoms with Crippen molar-refractivity contribution in [2.45, 2.75) is 0 Å². The Morgan fingerprint density at radius 3 is 2.79 bits per heavy atom. The third kappa shape index (κ3) is 4.53. The highest BCUT2D eigenvalue weighted by atomic mass is 32.2. The molecule has 2 saturated heterocycles. The molecular weight excluding hydrogens is 304 g/mol. The van der Waals surface area contributed by atoms with Crippen LogP contribution in [-0.2, 0) is 9.53 Å². The molecule has 1 amide bonds. The van der Waals surface area contributed by atoms with Crippen LogP contribution in [0.1, 0.15) is 0 Å². The summed E-state index contributed by atoms with van der Waals surface area (Å²) in [6, 6.07) is 0. The highest BCUT2D eigenvalue weighted by Gasteiger charge is 2.27. The molecule has 2 rings (SSSR count). The molecule has 0 saturated carbocycles. The lowest BCUT2D eigenvalue weighted by atomic mass is 10.4. The largest absolute Gasteiger partial charge is 0.379 e. The summed E-state index contributed by atoms with van der Waals surface area (Å²) < 4.78 is 5.79. The number of thiocarbonyl (C=S) groups is 2. The first-order valence-corrected chi connectivity index (χ1v) is 7.81. The molecular formula is C10H16N4O2S3. The molecule has 19 heavy (non-hydrogen) atoms. The third-order valence-corrected chi connectivity index (χ3v) is 4.37. The topological polar surface area (TPSA) is 56.8 Å². The summed E-state index contributed by atoms with van der Waals surface area (Å²) in [5.41, 5.74) is 2.81. The zero-order chi connectivity index (χ0) is 13.7. The van der Waals surface area contributed by atoms with Gasteiger partial charge >= 0.3 is 0 Å². The van der Waals surface area contributed by atoms with Gasteiger partial charge in [0.1, 0.15) is 0 Å². The Balaban J connectivity index is 1.64. The fraction of sp³-hybridized carbons (Fsp3) is 0.700. The Kier molecular flexibility index (Phi) is 5.76. The number of hydrogen-bond donors (Lipinski definition) is 2. The lowest BCUT2D eigenvalue weighted by Gasteiger charge is -2.27. The number of thioether (sulfide) groups is 1. The summed E-state index contributed by atoms with van der Waals surface area (Å²) in [7, 11) is 0. The van der Waals surface area contributed by atoms with E-state index in [4.69, 9.17) is 29.2 Å². The Morgan fingerprint density at radius 2 is 2.16 bits per heavy atom. The van der Waals surface area contributed by atoms with Crippen LogP contribution in [0.4, 0.5) is 0 Å². The van der Waals surface area contributed by atoms with E-state index >= 15 is 0 Å². The van der Waals surface area contributed by atoms with Gasteiger partial charge in [0.15, 0.2) is 9.43 Å². The van der Waals surface area contributed by atoms with Gasteiger partial charge in [-0.3, -0.25) is 15.1 Å². The van der Waals surface area contributed by atoms with Gasteiger partial charge < -0.3 is 10.1 Å². The van der Waals surface area contributed by atoms with Gasteiger partial charge in [-0.15, -0.1) is 0 Å². The lowest BCUT2D eigenvalue weighted by molar-refractivity contribution is -0.125. The maximum absolute atomic E-state index is 11.5. The zero-order valence-corrected chi connectivity index (χ0v) is 12.8. The SMILES string of the molecule is O=C1CSC(=S)N1NC(=S)NCCN1CCOCC1. The molecule has 2 heterocycles. The van der Waals surface area contributed by atoms with Crippen molar-refractivity contribution in [2.75, 3.05) is 45.1 Å². The first kappa shape index (κ1) is 14.9. The summed E-state index contributed by atoms with van der Waals surface area (Å²) >= 11 is 11.5. The van der Waals surface area contributed by atoms with Gasteiger partial charge in [-0.25, -0.2) is 5.01 Å². The number of morpholine rings is 1. The van der Waals surface area contributed by atoms with Gasteiger partial charge in [0.05, 0.1) is 19.0 Å². The molecule has 0 aliphatic carbocycles. The molecule has 106 valence electrons. The molecule has 0 radical (unpaired) electrons. The molecule has 2 fully saturated rings. The number of rotatable bonds is 4. The van der Waals surface area contributed by atoms with Crippen molar-refractivity contribution in [1.29, 1.82) is 0 Å². The van der Waals surface area contributed by atoms with E-state index < -0.39 is 0 Å². The second-order valence-electron chi connectivity index (χ2n) is 4.11. The van der Waals surface area contributed by atoms with Crippen LogP contribution in [0.15, 0.2) is 0 Å². The van der Waals surface area contributed by atoms with Crippen LogP contribution in [-0.4, -0.2) is 70.4 Å². The second kappa shape index (κ2) is 7.34. The van der Waals surface area contributed by atoms with Gasteiger partial charge in [0.25, 0.3) is 5.91 Å². The van der Waals surface area contributed by atoms with Crippen molar-refractivity contribution < 1.29 is 9.53 Å². The minimum absolute atomic E-state index is 0.0627. The van der Waals surface area contributed by atoms with Gasteiger partial charge in [0, 0.05) is 26.2 Å². The normalized spacial score (nSPS) is 20.7. The highest BCUT2D eigenvalue weighted by molar-refractivity contribution is 8.23. The summed E-state index contributed by atoms with van der Waals surface area (Å²) in [5.74, 6) is 0.315. The van der Waals surface area contributed by atoms with Crippen molar-refractivity contribution in [1.82, 2.24) is 20.7 Å². The van der Waals surface area contributed by atoms with E-state index in [1.165, 1.54) is 16.8 Å². The van der Waals surface area contributed by atoms with Gasteiger partial charge in [0.2, 0.25) is 0 Å². The summed E-state index contributed by atoms with van der Waals surface area (Å²) in [6.45, 7) is 5.11. The first-order chi connectivity index (χ1) is 9.16. The number of carbonyl (C=O) groups is 1. The second-order valence-corrected chi connectivity index (χ2v) is 6.12. The predicted molar refractivity (Wildman–Crippen MR) is 82.9 cm³/mol. The minimum atomic E-state index is -0.0627. The third-order valence-electron chi connectivity index (χ3n) is 2.78. The van der Waals surface area contributed by atoms with E-state index in [1.54, 1.807) is 0 Å². The number of carbonyl (C=O) groups excluding carboxylic acids is 1. The van der Waals surface area contributed by atoms with Gasteiger partial charge in [-0.05, 0) is 12.2 Å². The van der Waals surface area contributed by atoms with Crippen LogP contribution in [0.5, 0.6) is 0 Å². The molecule has 2 aliphatic rings. The Bertz CT molecular complexity index is 358. The zero-order valence-electron chi connectivity index (χ0n) is 10.4. The number of nitrogens with one attached hydrogen (secondary N) is 2. The van der Waals surface area contributed by atoms with Crippen LogP contribution in [0.2, 0.25) is 0 Å². The number of hydrazine groups is 1. The fourth-order valence-corrected chi connectivity index (χ4v) is 2.93. The predicted octanol–water partition coefficient (Wildman–Crippen LogP) is -0.442. The molecule has 0 unspecified atom stereocenters. The van der Waals surface area contributed by atoms with Crippen LogP contribution in [0, 0.1) is 0 Å². The summed E-state index contributed by atoms with van der Waals surface area (Å²) in [4.78, 5) is 13.8. The lowest BCUT2D eigenvalue weighted by Crippen LogP contribution is -2.50. The van der Waals surface area contributed by atoms with E-state index in [2.05, 4.69) is 15.6 Å². The van der Waals surface area contributed by atoms with Crippen LogP contribution in [0.25, 0.3) is 0 Å². The smallest absolute Gasteiger partial charge is 0.257 e. The molecule has 9 heteroatoms. The molecule has 6 nitrogen and oxygen atoms in total. The Hall–Kier alpha value is -0.480. The van der Waals surface area contributed by atoms with Gasteiger partial charge in [-0.1, -0.05) is 24.0 Å². The van der Waals surface area contributed by atoms with Crippen molar-refractivity contribution in [3.8, 4) is 0 Å². The standard InChI is InChI=1S/C10H16N4O2S3/c15-8-7-19-10(18)14(8)12-9(17)11-1-2-13-3-5-16-6-4-13/h1-7H2,(H2,11,12,17). The van der Waals surface area contributed by atoms with Crippen molar-refractivity contribution in [2.24, 2.45) is 0 Å². The van der Waals surface area contributed by atoms with Crippen LogP contribution < -0.4 is 10.7 Å². The number of ether oxygens (including phenoxy) is 1. The number of nitrogens with zero attached hydrogens (tertiary/aromatic N) is 2. The molecule has 0 spiro atoms. The maximum Gasteiger partial charge on any atom is 0.257 e. The highest BCUT2D eigenvalue weighted by Crippen LogP contribution is 2.16. The van der Waals surface area contributed by atoms with Crippen LogP contribution in [0.3, 0.4) is 0 Å². The monoisotopic (exact) mass is 320 g/mol. The Morgan fingerprint density at radius 1 is 1.42 bits per heavy atom. The molecule has 0 aromatic carbocycles. The van der Waals surface area contributed by atoms with E-state index in [0.717, 1.165) is 39.4 Å². The average Bonchev–Trinajstić information content (AvgIpc) is 2.72. The molecule has 2 aliphatic heterocycles. The quantitative estimate of drug-likeness (QED) is 0.676. The van der Waals surface area contributed by atoms with E-state index in [-0.39, 0.29) is 5.91 Å². The number of amides is 1. The van der Waals surface area contributed by atoms with Crippen molar-refractivity contribution >= 4 is 51.5 Å². The molecule has 0 bridgehead atoms. The molecule has 0 aromatic heterocycles.